The van der Waals surface area contributed by atoms with Crippen molar-refractivity contribution in [1.29, 1.82) is 0 Å². The molecule has 3 rings (SSSR count). The molecule has 4 heteroatoms. The molecule has 0 N–H and O–H groups in total. The fourth-order valence-electron chi connectivity index (χ4n) is 4.47. The minimum atomic E-state index is -0.776. The normalized spacial score (nSPS) is 18.7. The SMILES string of the molecule is CCC(C)(C)CC(=O)OC1=C(c2c(C)cc(C)cc2C)C(=O)OC12CCCC2. The molecule has 0 saturated heterocycles. The summed E-state index contributed by atoms with van der Waals surface area (Å²) in [5.41, 5.74) is 3.52. The largest absolute Gasteiger partial charge is 0.447 e. The summed E-state index contributed by atoms with van der Waals surface area (Å²) in [5.74, 6) is -0.206. The van der Waals surface area contributed by atoms with Gasteiger partial charge in [0.25, 0.3) is 0 Å². The number of esters is 2. The van der Waals surface area contributed by atoms with E-state index >= 15 is 0 Å². The number of ether oxygens (including phenoxy) is 2. The topological polar surface area (TPSA) is 52.6 Å². The molecule has 0 bridgehead atoms. The van der Waals surface area contributed by atoms with Gasteiger partial charge >= 0.3 is 11.9 Å². The Morgan fingerprint density at radius 1 is 1.14 bits per heavy atom. The Morgan fingerprint density at radius 2 is 1.71 bits per heavy atom. The Morgan fingerprint density at radius 3 is 2.25 bits per heavy atom. The lowest BCUT2D eigenvalue weighted by atomic mass is 9.86. The Hall–Kier alpha value is -2.10. The molecule has 4 nitrogen and oxygen atoms in total. The molecule has 0 unspecified atom stereocenters. The molecule has 1 aromatic carbocycles. The molecule has 0 radical (unpaired) electrons. The van der Waals surface area contributed by atoms with Crippen LogP contribution in [0.4, 0.5) is 0 Å². The smallest absolute Gasteiger partial charge is 0.343 e. The van der Waals surface area contributed by atoms with Crippen LogP contribution in [0.1, 0.15) is 81.5 Å². The molecule has 152 valence electrons. The van der Waals surface area contributed by atoms with Crippen LogP contribution >= 0.6 is 0 Å². The highest BCUT2D eigenvalue weighted by Crippen LogP contribution is 2.49. The van der Waals surface area contributed by atoms with E-state index in [0.29, 0.717) is 30.6 Å². The molecular weight excluding hydrogens is 352 g/mol. The van der Waals surface area contributed by atoms with Crippen LogP contribution in [0.25, 0.3) is 5.57 Å². The number of hydrogen-bond acceptors (Lipinski definition) is 4. The number of rotatable bonds is 5. The summed E-state index contributed by atoms with van der Waals surface area (Å²) in [4.78, 5) is 25.8. The third kappa shape index (κ3) is 3.74. The fourth-order valence-corrected chi connectivity index (χ4v) is 4.47. The van der Waals surface area contributed by atoms with E-state index in [1.54, 1.807) is 0 Å². The van der Waals surface area contributed by atoms with E-state index in [1.807, 2.05) is 20.8 Å². The first-order valence-corrected chi connectivity index (χ1v) is 10.4. The summed E-state index contributed by atoms with van der Waals surface area (Å²) in [6, 6.07) is 4.11. The van der Waals surface area contributed by atoms with Crippen LogP contribution in [0.2, 0.25) is 0 Å². The van der Waals surface area contributed by atoms with Crippen molar-refractivity contribution >= 4 is 17.5 Å². The van der Waals surface area contributed by atoms with Gasteiger partial charge in [0, 0.05) is 0 Å². The molecule has 1 heterocycles. The summed E-state index contributed by atoms with van der Waals surface area (Å²) in [6.07, 6.45) is 4.56. The van der Waals surface area contributed by atoms with Gasteiger partial charge in [0.1, 0.15) is 5.57 Å². The van der Waals surface area contributed by atoms with Crippen molar-refractivity contribution in [2.24, 2.45) is 5.41 Å². The molecule has 1 aliphatic heterocycles. The van der Waals surface area contributed by atoms with Crippen molar-refractivity contribution in [1.82, 2.24) is 0 Å². The quantitative estimate of drug-likeness (QED) is 0.624. The summed E-state index contributed by atoms with van der Waals surface area (Å²) in [5, 5.41) is 0. The lowest BCUT2D eigenvalue weighted by molar-refractivity contribution is -0.153. The van der Waals surface area contributed by atoms with Crippen LogP contribution in [0.5, 0.6) is 0 Å². The number of hydrogen-bond donors (Lipinski definition) is 0. The first-order valence-electron chi connectivity index (χ1n) is 10.4. The van der Waals surface area contributed by atoms with Gasteiger partial charge in [-0.15, -0.1) is 0 Å². The number of carbonyl (C=O) groups is 2. The van der Waals surface area contributed by atoms with Gasteiger partial charge in [-0.25, -0.2) is 4.79 Å². The molecule has 1 fully saturated rings. The fraction of sp³-hybridized carbons (Fsp3) is 0.583. The predicted molar refractivity (Wildman–Crippen MR) is 110 cm³/mol. The molecule has 1 spiro atoms. The van der Waals surface area contributed by atoms with Gasteiger partial charge in [0.05, 0.1) is 6.42 Å². The standard InChI is InChI=1S/C24H32O4/c1-7-23(5,6)14-18(25)27-21-20(19-16(3)12-15(2)13-17(19)4)22(26)28-24(21)10-8-9-11-24/h12-13H,7-11,14H2,1-6H3. The zero-order chi connectivity index (χ0) is 20.7. The van der Waals surface area contributed by atoms with E-state index in [0.717, 1.165) is 41.5 Å². The third-order valence-corrected chi connectivity index (χ3v) is 6.27. The van der Waals surface area contributed by atoms with Crippen LogP contribution in [0.3, 0.4) is 0 Å². The van der Waals surface area contributed by atoms with Crippen molar-refractivity contribution in [3.05, 3.63) is 40.1 Å². The highest BCUT2D eigenvalue weighted by molar-refractivity contribution is 6.20. The maximum Gasteiger partial charge on any atom is 0.343 e. The summed E-state index contributed by atoms with van der Waals surface area (Å²) in [6.45, 7) is 12.2. The zero-order valence-electron chi connectivity index (χ0n) is 18.0. The van der Waals surface area contributed by atoms with E-state index in [4.69, 9.17) is 9.47 Å². The van der Waals surface area contributed by atoms with Crippen molar-refractivity contribution in [2.75, 3.05) is 0 Å². The molecular formula is C24H32O4. The van der Waals surface area contributed by atoms with Gasteiger partial charge in [-0.2, -0.15) is 0 Å². The van der Waals surface area contributed by atoms with Crippen molar-refractivity contribution in [3.63, 3.8) is 0 Å². The Kier molecular flexibility index (Phi) is 5.44. The highest BCUT2D eigenvalue weighted by Gasteiger charge is 2.52. The second-order valence-corrected chi connectivity index (χ2v) is 9.24. The Balaban J connectivity index is 2.10. The van der Waals surface area contributed by atoms with Gasteiger partial charge in [-0.05, 0) is 68.6 Å². The molecule has 0 aromatic heterocycles. The summed E-state index contributed by atoms with van der Waals surface area (Å²) >= 11 is 0. The minimum Gasteiger partial charge on any atom is -0.447 e. The Labute approximate surface area is 168 Å². The molecule has 1 aliphatic carbocycles. The first-order chi connectivity index (χ1) is 13.1. The average molecular weight is 385 g/mol. The second kappa shape index (κ2) is 7.38. The molecule has 1 aromatic rings. The lowest BCUT2D eigenvalue weighted by Crippen LogP contribution is -2.31. The minimum absolute atomic E-state index is 0.139. The lowest BCUT2D eigenvalue weighted by Gasteiger charge is -2.27. The van der Waals surface area contributed by atoms with Crippen LogP contribution in [-0.2, 0) is 19.1 Å². The predicted octanol–water partition coefficient (Wildman–Crippen LogP) is 5.56. The maximum absolute atomic E-state index is 13.0. The highest BCUT2D eigenvalue weighted by atomic mass is 16.6. The Bertz CT molecular complexity index is 815. The van der Waals surface area contributed by atoms with Crippen LogP contribution in [0, 0.1) is 26.2 Å². The number of benzene rings is 1. The maximum atomic E-state index is 13.0. The molecule has 1 saturated carbocycles. The molecule has 2 aliphatic rings. The van der Waals surface area contributed by atoms with Crippen molar-refractivity contribution in [3.8, 4) is 0 Å². The third-order valence-electron chi connectivity index (χ3n) is 6.27. The molecule has 0 atom stereocenters. The van der Waals surface area contributed by atoms with E-state index in [9.17, 15) is 9.59 Å². The van der Waals surface area contributed by atoms with Crippen LogP contribution in [-0.4, -0.2) is 17.5 Å². The first kappa shape index (κ1) is 20.6. The second-order valence-electron chi connectivity index (χ2n) is 9.24. The number of aryl methyl sites for hydroxylation is 3. The van der Waals surface area contributed by atoms with Gasteiger partial charge in [0.15, 0.2) is 11.4 Å². The monoisotopic (exact) mass is 384 g/mol. The van der Waals surface area contributed by atoms with Crippen molar-refractivity contribution in [2.45, 2.75) is 85.7 Å². The van der Waals surface area contributed by atoms with E-state index < -0.39 is 5.60 Å². The van der Waals surface area contributed by atoms with Gasteiger partial charge in [-0.1, -0.05) is 44.9 Å². The molecule has 28 heavy (non-hydrogen) atoms. The van der Waals surface area contributed by atoms with Gasteiger partial charge in [0.2, 0.25) is 0 Å². The van der Waals surface area contributed by atoms with Crippen molar-refractivity contribution < 1.29 is 19.1 Å². The number of carbonyl (C=O) groups excluding carboxylic acids is 2. The van der Waals surface area contributed by atoms with Gasteiger partial charge < -0.3 is 9.47 Å². The summed E-state index contributed by atoms with van der Waals surface area (Å²) < 4.78 is 11.9. The van der Waals surface area contributed by atoms with E-state index in [1.165, 1.54) is 0 Å². The summed E-state index contributed by atoms with van der Waals surface area (Å²) in [7, 11) is 0. The average Bonchev–Trinajstić information content (AvgIpc) is 3.14. The molecule has 0 amide bonds. The van der Waals surface area contributed by atoms with E-state index in [2.05, 4.69) is 32.9 Å². The van der Waals surface area contributed by atoms with Crippen LogP contribution in [0.15, 0.2) is 17.9 Å². The van der Waals surface area contributed by atoms with Crippen LogP contribution < -0.4 is 0 Å². The zero-order valence-corrected chi connectivity index (χ0v) is 18.0. The van der Waals surface area contributed by atoms with Gasteiger partial charge in [-0.3, -0.25) is 4.79 Å². The van der Waals surface area contributed by atoms with E-state index in [-0.39, 0.29) is 17.4 Å².